The van der Waals surface area contributed by atoms with Crippen molar-refractivity contribution in [1.82, 2.24) is 4.72 Å². The van der Waals surface area contributed by atoms with Gasteiger partial charge in [-0.2, -0.15) is 0 Å². The van der Waals surface area contributed by atoms with Crippen LogP contribution in [0.4, 0.5) is 11.4 Å². The number of nitrogen functional groups attached to an aromatic ring is 1. The van der Waals surface area contributed by atoms with Gasteiger partial charge < -0.3 is 15.4 Å². The average molecular weight is 327 g/mol. The number of anilines is 2. The standard InChI is InChI=1S/C15H25N3O3S/c1-17-22(19,20)13-6-7-15(14(16)11-13)18-9-4-3-5-12(18)8-10-21-2/h6-7,11-12,17H,3-5,8-10,16H2,1-2H3. The molecule has 1 aromatic rings. The maximum absolute atomic E-state index is 11.8. The minimum atomic E-state index is -3.46. The number of nitrogens with zero attached hydrogens (tertiary/aromatic N) is 1. The van der Waals surface area contributed by atoms with E-state index in [1.165, 1.54) is 19.5 Å². The summed E-state index contributed by atoms with van der Waals surface area (Å²) < 4.78 is 31.2. The number of benzene rings is 1. The zero-order chi connectivity index (χ0) is 16.2. The summed E-state index contributed by atoms with van der Waals surface area (Å²) in [7, 11) is -0.363. The number of hydrogen-bond donors (Lipinski definition) is 2. The molecule has 1 unspecified atom stereocenters. The Labute approximate surface area is 132 Å². The van der Waals surface area contributed by atoms with Crippen LogP contribution in [-0.2, 0) is 14.8 Å². The normalized spacial score (nSPS) is 19.4. The molecule has 1 atom stereocenters. The molecule has 124 valence electrons. The van der Waals surface area contributed by atoms with Gasteiger partial charge in [0.25, 0.3) is 0 Å². The Morgan fingerprint density at radius 3 is 2.82 bits per heavy atom. The highest BCUT2D eigenvalue weighted by atomic mass is 32.2. The highest BCUT2D eigenvalue weighted by Gasteiger charge is 2.24. The summed E-state index contributed by atoms with van der Waals surface area (Å²) in [6, 6.07) is 5.34. The molecule has 0 bridgehead atoms. The zero-order valence-corrected chi connectivity index (χ0v) is 14.0. The van der Waals surface area contributed by atoms with Gasteiger partial charge in [-0.25, -0.2) is 13.1 Å². The third-order valence-electron chi connectivity index (χ3n) is 4.17. The maximum Gasteiger partial charge on any atom is 0.240 e. The van der Waals surface area contributed by atoms with Gasteiger partial charge in [0.2, 0.25) is 10.0 Å². The summed E-state index contributed by atoms with van der Waals surface area (Å²) in [6.07, 6.45) is 4.39. The lowest BCUT2D eigenvalue weighted by Crippen LogP contribution is -2.40. The Bertz CT molecular complexity index is 604. The van der Waals surface area contributed by atoms with Crippen molar-refractivity contribution in [1.29, 1.82) is 0 Å². The fourth-order valence-electron chi connectivity index (χ4n) is 2.95. The van der Waals surface area contributed by atoms with Crippen molar-refractivity contribution >= 4 is 21.4 Å². The zero-order valence-electron chi connectivity index (χ0n) is 13.2. The van der Waals surface area contributed by atoms with Crippen molar-refractivity contribution in [3.05, 3.63) is 18.2 Å². The molecule has 22 heavy (non-hydrogen) atoms. The van der Waals surface area contributed by atoms with Gasteiger partial charge in [0, 0.05) is 26.3 Å². The number of ether oxygens (including phenoxy) is 1. The van der Waals surface area contributed by atoms with Crippen LogP contribution in [-0.4, -0.2) is 41.8 Å². The Hall–Kier alpha value is -1.31. The first-order valence-corrected chi connectivity index (χ1v) is 9.06. The average Bonchev–Trinajstić information content (AvgIpc) is 2.53. The van der Waals surface area contributed by atoms with E-state index in [4.69, 9.17) is 10.5 Å². The molecule has 1 aliphatic heterocycles. The van der Waals surface area contributed by atoms with Crippen LogP contribution in [0, 0.1) is 0 Å². The predicted octanol–water partition coefficient (Wildman–Crippen LogP) is 1.57. The third kappa shape index (κ3) is 3.71. The van der Waals surface area contributed by atoms with Gasteiger partial charge in [0.05, 0.1) is 16.3 Å². The quantitative estimate of drug-likeness (QED) is 0.775. The van der Waals surface area contributed by atoms with Crippen LogP contribution in [0.25, 0.3) is 0 Å². The van der Waals surface area contributed by atoms with E-state index in [1.54, 1.807) is 13.2 Å². The largest absolute Gasteiger partial charge is 0.397 e. The van der Waals surface area contributed by atoms with Crippen LogP contribution in [0.3, 0.4) is 0 Å². The first kappa shape index (κ1) is 17.1. The number of methoxy groups -OCH3 is 1. The number of rotatable bonds is 6. The van der Waals surface area contributed by atoms with E-state index in [9.17, 15) is 8.42 Å². The van der Waals surface area contributed by atoms with Gasteiger partial charge >= 0.3 is 0 Å². The van der Waals surface area contributed by atoms with E-state index in [0.29, 0.717) is 18.3 Å². The Kier molecular flexibility index (Phi) is 5.66. The SMILES string of the molecule is CNS(=O)(=O)c1ccc(N2CCCCC2CCOC)c(N)c1. The summed E-state index contributed by atoms with van der Waals surface area (Å²) >= 11 is 0. The van der Waals surface area contributed by atoms with Crippen LogP contribution < -0.4 is 15.4 Å². The molecule has 3 N–H and O–H groups in total. The van der Waals surface area contributed by atoms with Crippen molar-refractivity contribution in [2.45, 2.75) is 36.6 Å². The monoisotopic (exact) mass is 327 g/mol. The molecule has 7 heteroatoms. The molecule has 1 saturated heterocycles. The molecule has 0 saturated carbocycles. The number of piperidine rings is 1. The summed E-state index contributed by atoms with van der Waals surface area (Å²) in [5, 5.41) is 0. The van der Waals surface area contributed by atoms with E-state index >= 15 is 0 Å². The Balaban J connectivity index is 2.27. The van der Waals surface area contributed by atoms with E-state index in [0.717, 1.165) is 31.5 Å². The smallest absolute Gasteiger partial charge is 0.240 e. The molecule has 0 spiro atoms. The number of sulfonamides is 1. The molecule has 0 amide bonds. The molecule has 1 aromatic carbocycles. The number of hydrogen-bond acceptors (Lipinski definition) is 5. The molecule has 0 aromatic heterocycles. The topological polar surface area (TPSA) is 84.7 Å². The molecular weight excluding hydrogens is 302 g/mol. The minimum Gasteiger partial charge on any atom is -0.397 e. The van der Waals surface area contributed by atoms with Crippen molar-refractivity contribution in [3.63, 3.8) is 0 Å². The van der Waals surface area contributed by atoms with Crippen molar-refractivity contribution < 1.29 is 13.2 Å². The van der Waals surface area contributed by atoms with Crippen LogP contribution in [0.5, 0.6) is 0 Å². The Morgan fingerprint density at radius 1 is 1.41 bits per heavy atom. The summed E-state index contributed by atoms with van der Waals surface area (Å²) in [4.78, 5) is 2.48. The highest BCUT2D eigenvalue weighted by molar-refractivity contribution is 7.89. The van der Waals surface area contributed by atoms with Crippen LogP contribution in [0.15, 0.2) is 23.1 Å². The third-order valence-corrected chi connectivity index (χ3v) is 5.58. The van der Waals surface area contributed by atoms with Crippen molar-refractivity contribution in [2.75, 3.05) is 37.9 Å². The van der Waals surface area contributed by atoms with Gasteiger partial charge in [-0.3, -0.25) is 0 Å². The predicted molar refractivity (Wildman–Crippen MR) is 88.6 cm³/mol. The lowest BCUT2D eigenvalue weighted by Gasteiger charge is -2.38. The first-order chi connectivity index (χ1) is 10.5. The number of nitrogens with two attached hydrogens (primary N) is 1. The fraction of sp³-hybridized carbons (Fsp3) is 0.600. The van der Waals surface area contributed by atoms with Gasteiger partial charge in [0.1, 0.15) is 0 Å². The van der Waals surface area contributed by atoms with Crippen molar-refractivity contribution in [2.24, 2.45) is 0 Å². The van der Waals surface area contributed by atoms with Gasteiger partial charge in [-0.15, -0.1) is 0 Å². The van der Waals surface area contributed by atoms with Crippen LogP contribution in [0.1, 0.15) is 25.7 Å². The Morgan fingerprint density at radius 2 is 2.18 bits per heavy atom. The lowest BCUT2D eigenvalue weighted by molar-refractivity contribution is 0.182. The minimum absolute atomic E-state index is 0.196. The lowest BCUT2D eigenvalue weighted by atomic mass is 9.98. The number of nitrogens with one attached hydrogen (secondary N) is 1. The molecule has 1 heterocycles. The van der Waals surface area contributed by atoms with Crippen molar-refractivity contribution in [3.8, 4) is 0 Å². The maximum atomic E-state index is 11.8. The summed E-state index contributed by atoms with van der Waals surface area (Å²) in [5.41, 5.74) is 7.54. The summed E-state index contributed by atoms with van der Waals surface area (Å²) in [6.45, 7) is 1.66. The molecule has 2 rings (SSSR count). The van der Waals surface area contributed by atoms with Gasteiger partial charge in [0.15, 0.2) is 0 Å². The first-order valence-electron chi connectivity index (χ1n) is 7.58. The molecule has 0 aliphatic carbocycles. The molecule has 1 aliphatic rings. The van der Waals surface area contributed by atoms with Crippen LogP contribution in [0.2, 0.25) is 0 Å². The van der Waals surface area contributed by atoms with Crippen LogP contribution >= 0.6 is 0 Å². The molecule has 1 fully saturated rings. The van der Waals surface area contributed by atoms with E-state index in [1.807, 2.05) is 6.07 Å². The van der Waals surface area contributed by atoms with E-state index < -0.39 is 10.0 Å². The second kappa shape index (κ2) is 7.30. The highest BCUT2D eigenvalue weighted by Crippen LogP contribution is 2.32. The van der Waals surface area contributed by atoms with E-state index in [2.05, 4.69) is 9.62 Å². The van der Waals surface area contributed by atoms with Gasteiger partial charge in [-0.05, 0) is 50.9 Å². The second-order valence-corrected chi connectivity index (χ2v) is 7.44. The fourth-order valence-corrected chi connectivity index (χ4v) is 3.72. The molecule has 0 radical (unpaired) electrons. The summed E-state index contributed by atoms with van der Waals surface area (Å²) in [5.74, 6) is 0. The van der Waals surface area contributed by atoms with E-state index in [-0.39, 0.29) is 4.90 Å². The second-order valence-electron chi connectivity index (χ2n) is 5.55. The molecule has 6 nitrogen and oxygen atoms in total. The molecular formula is C15H25N3O3S. The van der Waals surface area contributed by atoms with Gasteiger partial charge in [-0.1, -0.05) is 0 Å².